The van der Waals surface area contributed by atoms with E-state index >= 15 is 0 Å². The van der Waals surface area contributed by atoms with Gasteiger partial charge in [0.25, 0.3) is 0 Å². The average molecular weight is 357 g/mol. The number of aryl methyl sites for hydroxylation is 1. The van der Waals surface area contributed by atoms with Crippen LogP contribution in [0.15, 0.2) is 36.4 Å². The van der Waals surface area contributed by atoms with Crippen LogP contribution in [-0.4, -0.2) is 30.5 Å². The minimum atomic E-state index is -0.166. The number of thiophene rings is 1. The minimum Gasteiger partial charge on any atom is -0.497 e. The van der Waals surface area contributed by atoms with E-state index in [1.165, 1.54) is 9.75 Å². The molecule has 3 heterocycles. The van der Waals surface area contributed by atoms with E-state index in [9.17, 15) is 4.79 Å². The molecule has 1 amide bonds. The molecule has 25 heavy (non-hydrogen) atoms. The molecule has 132 valence electrons. The third kappa shape index (κ3) is 3.17. The van der Waals surface area contributed by atoms with Crippen LogP contribution in [0.2, 0.25) is 0 Å². The van der Waals surface area contributed by atoms with E-state index in [1.54, 1.807) is 18.4 Å². The minimum absolute atomic E-state index is 0.160. The third-order valence-electron chi connectivity index (χ3n) is 5.09. The molecule has 0 bridgehead atoms. The molecule has 0 radical (unpaired) electrons. The van der Waals surface area contributed by atoms with Crippen LogP contribution < -0.4 is 15.6 Å². The van der Waals surface area contributed by atoms with Gasteiger partial charge in [0.2, 0.25) is 5.91 Å². The van der Waals surface area contributed by atoms with Gasteiger partial charge >= 0.3 is 0 Å². The van der Waals surface area contributed by atoms with Crippen LogP contribution in [0, 0.1) is 6.92 Å². The standard InChI is InChI=1S/C19H23N3O2S/c1-12-6-7-18(25-12)15-11-16(21-20-15)19(23)22-9-8-17(22)13-4-3-5-14(10-13)24-2/h3-7,10,15-17,20-21H,8-9,11H2,1-2H3. The molecule has 5 nitrogen and oxygen atoms in total. The number of hydrogen-bond donors (Lipinski definition) is 2. The van der Waals surface area contributed by atoms with Crippen molar-refractivity contribution in [1.82, 2.24) is 15.8 Å². The zero-order valence-electron chi connectivity index (χ0n) is 14.5. The SMILES string of the molecule is COc1cccc(C2CCN2C(=O)C2CC(c3ccc(C)s3)NN2)c1. The Kier molecular flexibility index (Phi) is 4.50. The summed E-state index contributed by atoms with van der Waals surface area (Å²) in [5.41, 5.74) is 7.63. The van der Waals surface area contributed by atoms with Crippen LogP contribution in [0.4, 0.5) is 0 Å². The molecule has 2 saturated heterocycles. The van der Waals surface area contributed by atoms with Gasteiger partial charge in [-0.3, -0.25) is 4.79 Å². The summed E-state index contributed by atoms with van der Waals surface area (Å²) < 4.78 is 5.31. The topological polar surface area (TPSA) is 53.6 Å². The predicted octanol–water partition coefficient (Wildman–Crippen LogP) is 2.95. The van der Waals surface area contributed by atoms with Crippen LogP contribution in [0.5, 0.6) is 5.75 Å². The van der Waals surface area contributed by atoms with Gasteiger partial charge in [0, 0.05) is 16.3 Å². The van der Waals surface area contributed by atoms with E-state index < -0.39 is 0 Å². The van der Waals surface area contributed by atoms with Crippen molar-refractivity contribution in [3.8, 4) is 5.75 Å². The summed E-state index contributed by atoms with van der Waals surface area (Å²) in [7, 11) is 1.67. The number of hydrogen-bond acceptors (Lipinski definition) is 5. The van der Waals surface area contributed by atoms with Crippen LogP contribution in [0.1, 0.15) is 40.2 Å². The molecule has 2 aromatic rings. The van der Waals surface area contributed by atoms with Crippen molar-refractivity contribution in [3.05, 3.63) is 51.7 Å². The molecule has 3 atom stereocenters. The van der Waals surface area contributed by atoms with E-state index in [0.717, 1.165) is 30.7 Å². The smallest absolute Gasteiger partial charge is 0.241 e. The summed E-state index contributed by atoms with van der Waals surface area (Å²) in [6.07, 6.45) is 1.80. The fourth-order valence-electron chi connectivity index (χ4n) is 3.59. The highest BCUT2D eigenvalue weighted by Crippen LogP contribution is 2.36. The van der Waals surface area contributed by atoms with Gasteiger partial charge in [-0.05, 0) is 49.6 Å². The van der Waals surface area contributed by atoms with Crippen molar-refractivity contribution in [1.29, 1.82) is 0 Å². The highest BCUT2D eigenvalue weighted by Gasteiger charge is 2.40. The Morgan fingerprint density at radius 2 is 2.16 bits per heavy atom. The maximum absolute atomic E-state index is 12.9. The second kappa shape index (κ2) is 6.78. The van der Waals surface area contributed by atoms with Crippen molar-refractivity contribution < 1.29 is 9.53 Å². The third-order valence-corrected chi connectivity index (χ3v) is 6.20. The number of rotatable bonds is 4. The van der Waals surface area contributed by atoms with E-state index in [0.29, 0.717) is 0 Å². The number of hydrazine groups is 1. The summed E-state index contributed by atoms with van der Waals surface area (Å²) >= 11 is 1.79. The molecular formula is C19H23N3O2S. The molecule has 6 heteroatoms. The summed E-state index contributed by atoms with van der Waals surface area (Å²) in [5, 5.41) is 0. The quantitative estimate of drug-likeness (QED) is 0.883. The Hall–Kier alpha value is -1.89. The zero-order chi connectivity index (χ0) is 17.4. The summed E-state index contributed by atoms with van der Waals surface area (Å²) in [6.45, 7) is 2.93. The Labute approximate surface area is 152 Å². The summed E-state index contributed by atoms with van der Waals surface area (Å²) in [4.78, 5) is 17.5. The first-order valence-electron chi connectivity index (χ1n) is 8.67. The molecule has 2 N–H and O–H groups in total. The molecule has 1 aromatic carbocycles. The Balaban J connectivity index is 1.43. The number of nitrogens with one attached hydrogen (secondary N) is 2. The first-order chi connectivity index (χ1) is 12.2. The molecule has 4 rings (SSSR count). The monoisotopic (exact) mass is 357 g/mol. The Morgan fingerprint density at radius 1 is 1.28 bits per heavy atom. The van der Waals surface area contributed by atoms with Gasteiger partial charge in [-0.2, -0.15) is 0 Å². The second-order valence-electron chi connectivity index (χ2n) is 6.69. The summed E-state index contributed by atoms with van der Waals surface area (Å²) in [6, 6.07) is 12.5. The molecule has 3 unspecified atom stereocenters. The number of nitrogens with zero attached hydrogens (tertiary/aromatic N) is 1. The van der Waals surface area contributed by atoms with Gasteiger partial charge in [0.15, 0.2) is 0 Å². The van der Waals surface area contributed by atoms with Crippen LogP contribution >= 0.6 is 11.3 Å². The number of likely N-dealkylation sites (tertiary alicyclic amines) is 1. The number of benzene rings is 1. The maximum atomic E-state index is 12.9. The van der Waals surface area contributed by atoms with Gasteiger partial charge in [-0.1, -0.05) is 12.1 Å². The largest absolute Gasteiger partial charge is 0.497 e. The van der Waals surface area contributed by atoms with Crippen molar-refractivity contribution >= 4 is 17.2 Å². The first kappa shape index (κ1) is 16.6. The van der Waals surface area contributed by atoms with Crippen molar-refractivity contribution in [3.63, 3.8) is 0 Å². The van der Waals surface area contributed by atoms with Crippen molar-refractivity contribution in [2.45, 2.75) is 37.9 Å². The number of methoxy groups -OCH3 is 1. The first-order valence-corrected chi connectivity index (χ1v) is 9.49. The zero-order valence-corrected chi connectivity index (χ0v) is 15.3. The van der Waals surface area contributed by atoms with Crippen LogP contribution in [0.3, 0.4) is 0 Å². The van der Waals surface area contributed by atoms with Crippen LogP contribution in [0.25, 0.3) is 0 Å². The fraction of sp³-hybridized carbons (Fsp3) is 0.421. The van der Waals surface area contributed by atoms with E-state index in [1.807, 2.05) is 23.1 Å². The lowest BCUT2D eigenvalue weighted by Crippen LogP contribution is -2.52. The van der Waals surface area contributed by atoms with Gasteiger partial charge in [-0.25, -0.2) is 10.9 Å². The number of carbonyl (C=O) groups is 1. The van der Waals surface area contributed by atoms with E-state index in [-0.39, 0.29) is 24.0 Å². The van der Waals surface area contributed by atoms with Crippen molar-refractivity contribution in [2.75, 3.05) is 13.7 Å². The average Bonchev–Trinajstić information content (AvgIpc) is 3.23. The van der Waals surface area contributed by atoms with E-state index in [4.69, 9.17) is 4.74 Å². The molecule has 0 spiro atoms. The highest BCUT2D eigenvalue weighted by atomic mass is 32.1. The molecule has 2 fully saturated rings. The predicted molar refractivity (Wildman–Crippen MR) is 98.5 cm³/mol. The molecule has 2 aliphatic heterocycles. The Bertz CT molecular complexity index is 776. The van der Waals surface area contributed by atoms with Crippen molar-refractivity contribution in [2.24, 2.45) is 0 Å². The lowest BCUT2D eigenvalue weighted by molar-refractivity contribution is -0.141. The van der Waals surface area contributed by atoms with Gasteiger partial charge in [0.1, 0.15) is 11.8 Å². The number of amides is 1. The maximum Gasteiger partial charge on any atom is 0.241 e. The lowest BCUT2D eigenvalue weighted by Gasteiger charge is -2.42. The Morgan fingerprint density at radius 3 is 2.84 bits per heavy atom. The molecular weight excluding hydrogens is 334 g/mol. The summed E-state index contributed by atoms with van der Waals surface area (Å²) in [5.74, 6) is 1.02. The molecule has 0 saturated carbocycles. The molecule has 1 aromatic heterocycles. The molecule has 0 aliphatic carbocycles. The molecule has 2 aliphatic rings. The number of ether oxygens (including phenoxy) is 1. The normalized spacial score (nSPS) is 25.7. The fourth-order valence-corrected chi connectivity index (χ4v) is 4.53. The number of carbonyl (C=O) groups excluding carboxylic acids is 1. The lowest BCUT2D eigenvalue weighted by atomic mass is 9.93. The van der Waals surface area contributed by atoms with Crippen LogP contribution in [-0.2, 0) is 4.79 Å². The van der Waals surface area contributed by atoms with Gasteiger partial charge in [0.05, 0.1) is 19.2 Å². The van der Waals surface area contributed by atoms with E-state index in [2.05, 4.69) is 36.0 Å². The highest BCUT2D eigenvalue weighted by molar-refractivity contribution is 7.12. The second-order valence-corrected chi connectivity index (χ2v) is 8.01. The van der Waals surface area contributed by atoms with Gasteiger partial charge in [-0.15, -0.1) is 11.3 Å². The van der Waals surface area contributed by atoms with Gasteiger partial charge < -0.3 is 9.64 Å².